The number of hydrogen-bond acceptors (Lipinski definition) is 5. The fourth-order valence-electron chi connectivity index (χ4n) is 2.53. The number of ether oxygens (including phenoxy) is 3. The minimum absolute atomic E-state index is 0.265. The summed E-state index contributed by atoms with van der Waals surface area (Å²) in [5.74, 6) is 0.508. The molecule has 24 heavy (non-hydrogen) atoms. The molecule has 0 aliphatic carbocycles. The molecule has 1 aromatic rings. The van der Waals surface area contributed by atoms with Crippen molar-refractivity contribution >= 4 is 17.7 Å². The van der Waals surface area contributed by atoms with Gasteiger partial charge in [-0.1, -0.05) is 13.3 Å². The lowest BCUT2D eigenvalue weighted by Crippen LogP contribution is -2.12. The molecule has 0 saturated heterocycles. The van der Waals surface area contributed by atoms with Crippen molar-refractivity contribution in [3.05, 3.63) is 29.3 Å². The van der Waals surface area contributed by atoms with Gasteiger partial charge in [0.15, 0.2) is 0 Å². The van der Waals surface area contributed by atoms with E-state index in [1.165, 1.54) is 7.11 Å². The standard InChI is InChI=1S/C19H27NO4/c1-3-4-10-23-11-12-24-17-7-8-18-16(14-17)13-15(19(21)22-2)6-5-9-20-18/h7-8,13-14,20H,3-6,9-12H2,1-2H3/b15-13+. The van der Waals surface area contributed by atoms with E-state index < -0.39 is 0 Å². The number of methoxy groups -OCH3 is 1. The summed E-state index contributed by atoms with van der Waals surface area (Å²) in [5.41, 5.74) is 2.64. The van der Waals surface area contributed by atoms with Gasteiger partial charge in [-0.25, -0.2) is 4.79 Å². The van der Waals surface area contributed by atoms with Crippen LogP contribution in [0.3, 0.4) is 0 Å². The average molecular weight is 333 g/mol. The van der Waals surface area contributed by atoms with Crippen LogP contribution in [0, 0.1) is 0 Å². The van der Waals surface area contributed by atoms with Gasteiger partial charge in [-0.2, -0.15) is 0 Å². The van der Waals surface area contributed by atoms with Crippen molar-refractivity contribution in [1.82, 2.24) is 0 Å². The molecule has 1 aromatic carbocycles. The first-order valence-corrected chi connectivity index (χ1v) is 8.62. The first kappa shape index (κ1) is 18.3. The van der Waals surface area contributed by atoms with Gasteiger partial charge in [-0.15, -0.1) is 0 Å². The average Bonchev–Trinajstić information content (AvgIpc) is 2.58. The Labute approximate surface area is 144 Å². The maximum Gasteiger partial charge on any atom is 0.333 e. The molecular weight excluding hydrogens is 306 g/mol. The van der Waals surface area contributed by atoms with Crippen LogP contribution in [-0.2, 0) is 14.3 Å². The summed E-state index contributed by atoms with van der Waals surface area (Å²) >= 11 is 0. The number of rotatable bonds is 8. The Kier molecular flexibility index (Phi) is 7.62. The third kappa shape index (κ3) is 5.57. The van der Waals surface area contributed by atoms with Gasteiger partial charge in [-0.3, -0.25) is 0 Å². The Morgan fingerprint density at radius 2 is 2.12 bits per heavy atom. The van der Waals surface area contributed by atoms with Crippen LogP contribution in [0.5, 0.6) is 5.75 Å². The van der Waals surface area contributed by atoms with Gasteiger partial charge in [0, 0.05) is 30.0 Å². The Morgan fingerprint density at radius 1 is 1.25 bits per heavy atom. The summed E-state index contributed by atoms with van der Waals surface area (Å²) in [5, 5.41) is 3.38. The summed E-state index contributed by atoms with van der Waals surface area (Å²) in [6, 6.07) is 5.87. The number of esters is 1. The zero-order chi connectivity index (χ0) is 17.2. The molecule has 0 fully saturated rings. The molecule has 5 heteroatoms. The Bertz CT molecular complexity index is 568. The van der Waals surface area contributed by atoms with Gasteiger partial charge in [0.1, 0.15) is 12.4 Å². The number of anilines is 1. The molecule has 1 N–H and O–H groups in total. The van der Waals surface area contributed by atoms with Crippen molar-refractivity contribution in [3.8, 4) is 5.75 Å². The van der Waals surface area contributed by atoms with E-state index in [1.807, 2.05) is 24.3 Å². The van der Waals surface area contributed by atoms with E-state index in [9.17, 15) is 4.79 Å². The lowest BCUT2D eigenvalue weighted by molar-refractivity contribution is -0.136. The molecule has 0 spiro atoms. The molecule has 0 aromatic heterocycles. The lowest BCUT2D eigenvalue weighted by Gasteiger charge is -2.16. The third-order valence-corrected chi connectivity index (χ3v) is 3.88. The highest BCUT2D eigenvalue weighted by atomic mass is 16.5. The highest BCUT2D eigenvalue weighted by Crippen LogP contribution is 2.27. The van der Waals surface area contributed by atoms with Crippen LogP contribution in [-0.4, -0.2) is 39.4 Å². The van der Waals surface area contributed by atoms with Crippen LogP contribution in [0.2, 0.25) is 0 Å². The second-order valence-corrected chi connectivity index (χ2v) is 5.75. The smallest absolute Gasteiger partial charge is 0.333 e. The van der Waals surface area contributed by atoms with E-state index in [4.69, 9.17) is 14.2 Å². The van der Waals surface area contributed by atoms with Crippen LogP contribution >= 0.6 is 0 Å². The second kappa shape index (κ2) is 9.98. The zero-order valence-electron chi connectivity index (χ0n) is 14.6. The number of unbranched alkanes of at least 4 members (excludes halogenated alkanes) is 1. The molecule has 0 amide bonds. The molecule has 132 valence electrons. The molecule has 0 atom stereocenters. The molecule has 0 saturated carbocycles. The van der Waals surface area contributed by atoms with Crippen LogP contribution < -0.4 is 10.1 Å². The van der Waals surface area contributed by atoms with Crippen LogP contribution in [0.15, 0.2) is 23.8 Å². The summed E-state index contributed by atoms with van der Waals surface area (Å²) in [7, 11) is 1.42. The molecule has 1 aliphatic heterocycles. The monoisotopic (exact) mass is 333 g/mol. The molecule has 2 rings (SSSR count). The predicted molar refractivity (Wildman–Crippen MR) is 95.4 cm³/mol. The molecule has 5 nitrogen and oxygen atoms in total. The normalized spacial score (nSPS) is 16.0. The second-order valence-electron chi connectivity index (χ2n) is 5.75. The van der Waals surface area contributed by atoms with Crippen LogP contribution in [0.1, 0.15) is 38.2 Å². The number of carbonyl (C=O) groups excluding carboxylic acids is 1. The fraction of sp³-hybridized carbons (Fsp3) is 0.526. The molecule has 0 bridgehead atoms. The first-order chi connectivity index (χ1) is 11.7. The van der Waals surface area contributed by atoms with Gasteiger partial charge in [0.05, 0.1) is 13.7 Å². The summed E-state index contributed by atoms with van der Waals surface area (Å²) in [6.45, 7) is 4.84. The zero-order valence-corrected chi connectivity index (χ0v) is 14.6. The summed E-state index contributed by atoms with van der Waals surface area (Å²) in [6.07, 6.45) is 5.69. The van der Waals surface area contributed by atoms with E-state index in [0.717, 1.165) is 49.4 Å². The van der Waals surface area contributed by atoms with Crippen molar-refractivity contribution in [2.45, 2.75) is 32.6 Å². The van der Waals surface area contributed by atoms with E-state index in [2.05, 4.69) is 12.2 Å². The minimum Gasteiger partial charge on any atom is -0.491 e. The molecule has 0 radical (unpaired) electrons. The largest absolute Gasteiger partial charge is 0.491 e. The third-order valence-electron chi connectivity index (χ3n) is 3.88. The van der Waals surface area contributed by atoms with Gasteiger partial charge in [0.2, 0.25) is 0 Å². The Hall–Kier alpha value is -2.01. The quantitative estimate of drug-likeness (QED) is 0.581. The van der Waals surface area contributed by atoms with Gasteiger partial charge in [0.25, 0.3) is 0 Å². The molecule has 0 unspecified atom stereocenters. The maximum absolute atomic E-state index is 11.9. The Morgan fingerprint density at radius 3 is 2.92 bits per heavy atom. The van der Waals surface area contributed by atoms with Crippen LogP contribution in [0.4, 0.5) is 5.69 Å². The number of hydrogen-bond donors (Lipinski definition) is 1. The molecule has 1 aliphatic rings. The number of carbonyl (C=O) groups is 1. The van der Waals surface area contributed by atoms with Crippen molar-refractivity contribution < 1.29 is 19.0 Å². The van der Waals surface area contributed by atoms with E-state index in [-0.39, 0.29) is 5.97 Å². The van der Waals surface area contributed by atoms with E-state index in [0.29, 0.717) is 25.2 Å². The molecule has 1 heterocycles. The van der Waals surface area contributed by atoms with Gasteiger partial charge >= 0.3 is 5.97 Å². The minimum atomic E-state index is -0.265. The van der Waals surface area contributed by atoms with Crippen molar-refractivity contribution in [2.24, 2.45) is 0 Å². The first-order valence-electron chi connectivity index (χ1n) is 8.62. The Balaban J connectivity index is 2.02. The number of fused-ring (bicyclic) bond motifs is 1. The van der Waals surface area contributed by atoms with Crippen LogP contribution in [0.25, 0.3) is 6.08 Å². The van der Waals surface area contributed by atoms with Crippen molar-refractivity contribution in [3.63, 3.8) is 0 Å². The SMILES string of the molecule is CCCCOCCOc1ccc2c(c1)/C=C(/C(=O)OC)CCCN2. The summed E-state index contributed by atoms with van der Waals surface area (Å²) < 4.78 is 16.1. The number of benzene rings is 1. The topological polar surface area (TPSA) is 56.8 Å². The number of nitrogens with one attached hydrogen (secondary N) is 1. The summed E-state index contributed by atoms with van der Waals surface area (Å²) in [4.78, 5) is 11.9. The van der Waals surface area contributed by atoms with E-state index >= 15 is 0 Å². The van der Waals surface area contributed by atoms with E-state index in [1.54, 1.807) is 0 Å². The highest BCUT2D eigenvalue weighted by molar-refractivity contribution is 5.94. The van der Waals surface area contributed by atoms with Gasteiger partial charge in [-0.05, 0) is 43.5 Å². The van der Waals surface area contributed by atoms with Crippen molar-refractivity contribution in [2.75, 3.05) is 38.8 Å². The lowest BCUT2D eigenvalue weighted by atomic mass is 10.0. The van der Waals surface area contributed by atoms with Gasteiger partial charge < -0.3 is 19.5 Å². The highest BCUT2D eigenvalue weighted by Gasteiger charge is 2.14. The molecular formula is C19H27NO4. The predicted octanol–water partition coefficient (Wildman–Crippen LogP) is 3.64. The van der Waals surface area contributed by atoms with Crippen molar-refractivity contribution in [1.29, 1.82) is 0 Å². The fourth-order valence-corrected chi connectivity index (χ4v) is 2.53. The maximum atomic E-state index is 11.9.